The summed E-state index contributed by atoms with van der Waals surface area (Å²) in [7, 11) is 0. The van der Waals surface area contributed by atoms with Crippen LogP contribution in [-0.4, -0.2) is 36.5 Å². The lowest BCUT2D eigenvalue weighted by Crippen LogP contribution is -2.43. The van der Waals surface area contributed by atoms with Gasteiger partial charge in [-0.1, -0.05) is 82.7 Å². The summed E-state index contributed by atoms with van der Waals surface area (Å²) >= 11 is 3.34. The van der Waals surface area contributed by atoms with E-state index in [4.69, 9.17) is 4.84 Å². The molecule has 0 bridgehead atoms. The predicted octanol–water partition coefficient (Wildman–Crippen LogP) is 4.09. The first-order valence-corrected chi connectivity index (χ1v) is 12.1. The second kappa shape index (κ2) is 14.0. The third-order valence-electron chi connectivity index (χ3n) is 5.35. The van der Waals surface area contributed by atoms with E-state index in [1.54, 1.807) is 18.2 Å². The highest BCUT2D eigenvalue weighted by Gasteiger charge is 2.22. The van der Waals surface area contributed by atoms with Crippen LogP contribution in [0.2, 0.25) is 0 Å². The van der Waals surface area contributed by atoms with E-state index < -0.39 is 5.92 Å². The molecule has 0 heterocycles. The van der Waals surface area contributed by atoms with Gasteiger partial charge in [0.1, 0.15) is 6.61 Å². The maximum atomic E-state index is 13.0. The largest absolute Gasteiger partial charge is 0.338 e. The minimum Gasteiger partial charge on any atom is -0.338 e. The van der Waals surface area contributed by atoms with Crippen LogP contribution in [0.25, 0.3) is 0 Å². The Balaban J connectivity index is 1.58. The van der Waals surface area contributed by atoms with Gasteiger partial charge < -0.3 is 10.6 Å². The van der Waals surface area contributed by atoms with Crippen molar-refractivity contribution < 1.29 is 19.2 Å². The van der Waals surface area contributed by atoms with Gasteiger partial charge in [-0.25, -0.2) is 5.06 Å². The van der Waals surface area contributed by atoms with E-state index in [1.807, 2.05) is 66.7 Å². The van der Waals surface area contributed by atoms with Gasteiger partial charge in [-0.2, -0.15) is 0 Å². The molecule has 1 atom stereocenters. The molecule has 0 aliphatic carbocycles. The zero-order valence-corrected chi connectivity index (χ0v) is 20.8. The molecule has 0 spiro atoms. The van der Waals surface area contributed by atoms with Crippen LogP contribution in [-0.2, 0) is 27.5 Å². The molecule has 35 heavy (non-hydrogen) atoms. The molecular formula is C27H28BrN3O4. The minimum absolute atomic E-state index is 0.0298. The van der Waals surface area contributed by atoms with Crippen molar-refractivity contribution in [1.82, 2.24) is 15.7 Å². The monoisotopic (exact) mass is 537 g/mol. The Morgan fingerprint density at radius 1 is 0.914 bits per heavy atom. The molecule has 3 aromatic carbocycles. The molecule has 2 N–H and O–H groups in total. The molecule has 0 saturated carbocycles. The number of nitrogens with one attached hydrogen (secondary N) is 2. The van der Waals surface area contributed by atoms with Crippen LogP contribution in [0, 0.1) is 5.92 Å². The van der Waals surface area contributed by atoms with Crippen LogP contribution in [0.15, 0.2) is 89.4 Å². The average molecular weight is 538 g/mol. The molecule has 0 radical (unpaired) electrons. The standard InChI is InChI=1S/C27H28BrN3O4/c28-25-13-7-12-23(16-25)26(33)29-19-30-27(34)24(15-14-21-8-3-1-4-9-21)17-31(20-32)35-18-22-10-5-2-6-11-22/h1-13,16,20,24H,14-15,17-19H2,(H,29,33)(H,30,34)/t24-/m1/s1. The fraction of sp³-hybridized carbons (Fsp3) is 0.222. The van der Waals surface area contributed by atoms with Crippen LogP contribution >= 0.6 is 15.9 Å². The normalized spacial score (nSPS) is 11.3. The van der Waals surface area contributed by atoms with Crippen molar-refractivity contribution >= 4 is 34.2 Å². The van der Waals surface area contributed by atoms with Crippen LogP contribution in [0.4, 0.5) is 0 Å². The third kappa shape index (κ3) is 8.99. The minimum atomic E-state index is -0.529. The molecule has 3 aromatic rings. The van der Waals surface area contributed by atoms with Gasteiger partial charge in [-0.3, -0.25) is 19.2 Å². The Bertz CT molecular complexity index is 1100. The number of carbonyl (C=O) groups is 3. The summed E-state index contributed by atoms with van der Waals surface area (Å²) in [4.78, 5) is 42.6. The van der Waals surface area contributed by atoms with E-state index in [-0.39, 0.29) is 31.6 Å². The van der Waals surface area contributed by atoms with Gasteiger partial charge in [0.15, 0.2) is 0 Å². The Morgan fingerprint density at radius 2 is 1.60 bits per heavy atom. The molecule has 0 aliphatic rings. The van der Waals surface area contributed by atoms with E-state index in [0.717, 1.165) is 20.7 Å². The van der Waals surface area contributed by atoms with Gasteiger partial charge in [-0.15, -0.1) is 0 Å². The summed E-state index contributed by atoms with van der Waals surface area (Å²) in [6, 6.07) is 26.3. The van der Waals surface area contributed by atoms with Crippen LogP contribution in [0.3, 0.4) is 0 Å². The fourth-order valence-electron chi connectivity index (χ4n) is 3.45. The molecule has 3 rings (SSSR count). The molecule has 7 nitrogen and oxygen atoms in total. The van der Waals surface area contributed by atoms with Crippen molar-refractivity contribution in [2.45, 2.75) is 19.4 Å². The molecule has 3 amide bonds. The van der Waals surface area contributed by atoms with Gasteiger partial charge in [0.05, 0.1) is 19.1 Å². The van der Waals surface area contributed by atoms with E-state index >= 15 is 0 Å². The number of rotatable bonds is 13. The highest BCUT2D eigenvalue weighted by molar-refractivity contribution is 9.10. The van der Waals surface area contributed by atoms with Crippen LogP contribution < -0.4 is 10.6 Å². The SMILES string of the molecule is O=CN(C[C@@H](CCc1ccccc1)C(=O)NCNC(=O)c1cccc(Br)c1)OCc1ccccc1. The van der Waals surface area contributed by atoms with E-state index in [2.05, 4.69) is 26.6 Å². The summed E-state index contributed by atoms with van der Waals surface area (Å²) in [6.45, 7) is 0.280. The average Bonchev–Trinajstić information content (AvgIpc) is 2.89. The lowest BCUT2D eigenvalue weighted by Gasteiger charge is -2.23. The zero-order chi connectivity index (χ0) is 24.9. The van der Waals surface area contributed by atoms with Gasteiger partial charge in [-0.05, 0) is 42.2 Å². The van der Waals surface area contributed by atoms with Crippen molar-refractivity contribution in [3.63, 3.8) is 0 Å². The topological polar surface area (TPSA) is 87.7 Å². The third-order valence-corrected chi connectivity index (χ3v) is 5.84. The first kappa shape index (κ1) is 26.1. The van der Waals surface area contributed by atoms with Crippen molar-refractivity contribution in [1.29, 1.82) is 0 Å². The lowest BCUT2D eigenvalue weighted by molar-refractivity contribution is -0.182. The number of nitrogens with zero attached hydrogens (tertiary/aromatic N) is 1. The quantitative estimate of drug-likeness (QED) is 0.195. The summed E-state index contributed by atoms with van der Waals surface area (Å²) in [5.74, 6) is -1.10. The number of hydrogen-bond acceptors (Lipinski definition) is 4. The number of carbonyl (C=O) groups excluding carboxylic acids is 3. The molecule has 182 valence electrons. The second-order valence-corrected chi connectivity index (χ2v) is 8.84. The molecular weight excluding hydrogens is 510 g/mol. The van der Waals surface area contributed by atoms with Gasteiger partial charge in [0.2, 0.25) is 12.3 Å². The van der Waals surface area contributed by atoms with Crippen molar-refractivity contribution in [3.8, 4) is 0 Å². The number of amides is 3. The summed E-state index contributed by atoms with van der Waals surface area (Å²) in [5, 5.41) is 6.61. The van der Waals surface area contributed by atoms with Gasteiger partial charge in [0.25, 0.3) is 5.91 Å². The Morgan fingerprint density at radius 3 is 2.26 bits per heavy atom. The summed E-state index contributed by atoms with van der Waals surface area (Å²) in [5.41, 5.74) is 2.49. The second-order valence-electron chi connectivity index (χ2n) is 7.92. The van der Waals surface area contributed by atoms with E-state index in [9.17, 15) is 14.4 Å². The fourth-order valence-corrected chi connectivity index (χ4v) is 3.85. The van der Waals surface area contributed by atoms with Crippen molar-refractivity contribution in [3.05, 3.63) is 106 Å². The Labute approximate surface area is 213 Å². The number of benzene rings is 3. The molecule has 0 fully saturated rings. The Kier molecular flexibility index (Phi) is 10.5. The number of aryl methyl sites for hydroxylation is 1. The number of hydroxylamine groups is 2. The summed E-state index contributed by atoms with van der Waals surface area (Å²) < 4.78 is 0.791. The first-order valence-electron chi connectivity index (χ1n) is 11.3. The first-order chi connectivity index (χ1) is 17.0. The van der Waals surface area contributed by atoms with Crippen molar-refractivity contribution in [2.75, 3.05) is 13.2 Å². The van der Waals surface area contributed by atoms with E-state index in [0.29, 0.717) is 24.8 Å². The molecule has 0 aromatic heterocycles. The Hall–Kier alpha value is -3.49. The molecule has 0 saturated heterocycles. The lowest BCUT2D eigenvalue weighted by atomic mass is 9.98. The van der Waals surface area contributed by atoms with Gasteiger partial charge in [0, 0.05) is 10.0 Å². The number of halogens is 1. The maximum Gasteiger partial charge on any atom is 0.252 e. The summed E-state index contributed by atoms with van der Waals surface area (Å²) in [6.07, 6.45) is 1.75. The van der Waals surface area contributed by atoms with Gasteiger partial charge >= 0.3 is 0 Å². The molecule has 8 heteroatoms. The zero-order valence-electron chi connectivity index (χ0n) is 19.2. The maximum absolute atomic E-state index is 13.0. The van der Waals surface area contributed by atoms with Crippen molar-refractivity contribution in [2.24, 2.45) is 5.92 Å². The smallest absolute Gasteiger partial charge is 0.252 e. The van der Waals surface area contributed by atoms with Crippen LogP contribution in [0.1, 0.15) is 27.9 Å². The predicted molar refractivity (Wildman–Crippen MR) is 137 cm³/mol. The molecule has 0 aliphatic heterocycles. The number of hydrogen-bond donors (Lipinski definition) is 2. The van der Waals surface area contributed by atoms with Crippen LogP contribution in [0.5, 0.6) is 0 Å². The van der Waals surface area contributed by atoms with E-state index in [1.165, 1.54) is 0 Å². The highest BCUT2D eigenvalue weighted by Crippen LogP contribution is 2.14. The molecule has 0 unspecified atom stereocenters. The highest BCUT2D eigenvalue weighted by atomic mass is 79.9.